The Balaban J connectivity index is 1.77. The molecule has 5 heteroatoms. The molecule has 5 nitrogen and oxygen atoms in total. The second-order valence-electron chi connectivity index (χ2n) is 6.70. The van der Waals surface area contributed by atoms with Crippen molar-refractivity contribution < 1.29 is 4.74 Å². The van der Waals surface area contributed by atoms with Gasteiger partial charge in [-0.05, 0) is 44.8 Å². The molecular formula is C19H28N4O. The fraction of sp³-hybridized carbons (Fsp3) is 0.526. The van der Waals surface area contributed by atoms with E-state index < -0.39 is 0 Å². The molecule has 2 aromatic rings. The van der Waals surface area contributed by atoms with E-state index in [0.29, 0.717) is 0 Å². The largest absolute Gasteiger partial charge is 0.497 e. The maximum absolute atomic E-state index is 5.24. The molecule has 0 aliphatic carbocycles. The van der Waals surface area contributed by atoms with E-state index in [0.717, 1.165) is 51.2 Å². The summed E-state index contributed by atoms with van der Waals surface area (Å²) in [6.07, 6.45) is 3.10. The molecule has 0 fully saturated rings. The number of methoxy groups -OCH3 is 1. The first-order chi connectivity index (χ1) is 11.7. The van der Waals surface area contributed by atoms with Gasteiger partial charge < -0.3 is 15.0 Å². The SMILES string of the molecule is COc1ccc(Cc2nn(CCCN(C)C)c3c2CNCC3)cc1. The third-order valence-corrected chi connectivity index (χ3v) is 4.60. The third-order valence-electron chi connectivity index (χ3n) is 4.60. The fourth-order valence-electron chi connectivity index (χ4n) is 3.29. The van der Waals surface area contributed by atoms with Gasteiger partial charge in [0.15, 0.2) is 0 Å². The third kappa shape index (κ3) is 3.97. The summed E-state index contributed by atoms with van der Waals surface area (Å²) in [5, 5.41) is 8.44. The van der Waals surface area contributed by atoms with Crippen molar-refractivity contribution in [1.29, 1.82) is 0 Å². The van der Waals surface area contributed by atoms with Gasteiger partial charge in [0.1, 0.15) is 5.75 Å². The first kappa shape index (κ1) is 17.0. The number of aryl methyl sites for hydroxylation is 1. The molecule has 0 amide bonds. The molecule has 3 rings (SSSR count). The standard InChI is InChI=1S/C19H28N4O/c1-22(2)11-4-12-23-19-9-10-20-14-17(19)18(21-23)13-15-5-7-16(24-3)8-6-15/h5-8,20H,4,9-14H2,1-3H3. The van der Waals surface area contributed by atoms with E-state index in [-0.39, 0.29) is 0 Å². The number of hydrogen-bond donors (Lipinski definition) is 1. The van der Waals surface area contributed by atoms with Crippen molar-refractivity contribution >= 4 is 0 Å². The number of nitrogens with zero attached hydrogens (tertiary/aromatic N) is 3. The quantitative estimate of drug-likeness (QED) is 0.845. The molecule has 0 bridgehead atoms. The number of fused-ring (bicyclic) bond motifs is 1. The zero-order valence-corrected chi connectivity index (χ0v) is 15.0. The summed E-state index contributed by atoms with van der Waals surface area (Å²) in [7, 11) is 5.95. The predicted octanol–water partition coefficient (Wildman–Crippen LogP) is 2.08. The van der Waals surface area contributed by atoms with Crippen molar-refractivity contribution in [2.45, 2.75) is 32.4 Å². The summed E-state index contributed by atoms with van der Waals surface area (Å²) in [5.41, 5.74) is 5.33. The van der Waals surface area contributed by atoms with E-state index >= 15 is 0 Å². The van der Waals surface area contributed by atoms with Gasteiger partial charge in [-0.1, -0.05) is 12.1 Å². The second-order valence-corrected chi connectivity index (χ2v) is 6.70. The molecule has 0 spiro atoms. The van der Waals surface area contributed by atoms with Gasteiger partial charge >= 0.3 is 0 Å². The molecule has 2 heterocycles. The Hall–Kier alpha value is -1.85. The van der Waals surface area contributed by atoms with Crippen molar-refractivity contribution in [2.75, 3.05) is 34.3 Å². The summed E-state index contributed by atoms with van der Waals surface area (Å²) < 4.78 is 7.49. The van der Waals surface area contributed by atoms with Gasteiger partial charge in [-0.25, -0.2) is 0 Å². The van der Waals surface area contributed by atoms with Gasteiger partial charge in [-0.2, -0.15) is 5.10 Å². The Labute approximate surface area is 144 Å². The Bertz CT molecular complexity index is 661. The molecule has 130 valence electrons. The van der Waals surface area contributed by atoms with Gasteiger partial charge in [0.05, 0.1) is 12.8 Å². The molecule has 0 atom stereocenters. The van der Waals surface area contributed by atoms with Crippen LogP contribution in [0.25, 0.3) is 0 Å². The van der Waals surface area contributed by atoms with Crippen LogP contribution in [0.2, 0.25) is 0 Å². The van der Waals surface area contributed by atoms with Gasteiger partial charge in [-0.15, -0.1) is 0 Å². The fourth-order valence-corrected chi connectivity index (χ4v) is 3.29. The first-order valence-corrected chi connectivity index (χ1v) is 8.73. The second kappa shape index (κ2) is 7.81. The van der Waals surface area contributed by atoms with Crippen LogP contribution in [0.15, 0.2) is 24.3 Å². The van der Waals surface area contributed by atoms with Crippen LogP contribution in [0.3, 0.4) is 0 Å². The number of rotatable bonds is 7. The summed E-state index contributed by atoms with van der Waals surface area (Å²) in [6, 6.07) is 8.31. The van der Waals surface area contributed by atoms with Crippen LogP contribution >= 0.6 is 0 Å². The molecular weight excluding hydrogens is 300 g/mol. The molecule has 1 aliphatic heterocycles. The lowest BCUT2D eigenvalue weighted by atomic mass is 10.0. The van der Waals surface area contributed by atoms with Crippen molar-refractivity contribution in [1.82, 2.24) is 20.0 Å². The summed E-state index contributed by atoms with van der Waals surface area (Å²) in [6.45, 7) is 4.09. The normalized spacial score (nSPS) is 14.0. The highest BCUT2D eigenvalue weighted by Gasteiger charge is 2.20. The zero-order chi connectivity index (χ0) is 16.9. The molecule has 1 aromatic carbocycles. The van der Waals surface area contributed by atoms with E-state index in [1.807, 2.05) is 12.1 Å². The van der Waals surface area contributed by atoms with E-state index in [9.17, 15) is 0 Å². The van der Waals surface area contributed by atoms with E-state index in [1.165, 1.54) is 22.5 Å². The molecule has 0 saturated carbocycles. The molecule has 0 radical (unpaired) electrons. The van der Waals surface area contributed by atoms with Crippen molar-refractivity contribution in [3.63, 3.8) is 0 Å². The lowest BCUT2D eigenvalue weighted by molar-refractivity contribution is 0.377. The Morgan fingerprint density at radius 1 is 1.25 bits per heavy atom. The first-order valence-electron chi connectivity index (χ1n) is 8.73. The lowest BCUT2D eigenvalue weighted by Gasteiger charge is -2.16. The van der Waals surface area contributed by atoms with Crippen molar-refractivity contribution in [3.8, 4) is 5.75 Å². The van der Waals surface area contributed by atoms with Crippen LogP contribution in [-0.2, 0) is 25.9 Å². The minimum Gasteiger partial charge on any atom is -0.497 e. The Morgan fingerprint density at radius 2 is 2.04 bits per heavy atom. The summed E-state index contributed by atoms with van der Waals surface area (Å²) in [4.78, 5) is 2.23. The monoisotopic (exact) mass is 328 g/mol. The number of hydrogen-bond acceptors (Lipinski definition) is 4. The highest BCUT2D eigenvalue weighted by atomic mass is 16.5. The van der Waals surface area contributed by atoms with Crippen LogP contribution < -0.4 is 10.1 Å². The van der Waals surface area contributed by atoms with Crippen molar-refractivity contribution in [3.05, 3.63) is 46.8 Å². The van der Waals surface area contributed by atoms with E-state index in [2.05, 4.69) is 41.1 Å². The highest BCUT2D eigenvalue weighted by Crippen LogP contribution is 2.22. The maximum atomic E-state index is 5.24. The zero-order valence-electron chi connectivity index (χ0n) is 15.0. The Kier molecular flexibility index (Phi) is 5.53. The van der Waals surface area contributed by atoms with Gasteiger partial charge in [-0.3, -0.25) is 4.68 Å². The van der Waals surface area contributed by atoms with Crippen LogP contribution in [0.1, 0.15) is 28.9 Å². The minimum absolute atomic E-state index is 0.884. The average Bonchev–Trinajstić information content (AvgIpc) is 2.93. The van der Waals surface area contributed by atoms with Crippen LogP contribution in [0.4, 0.5) is 0 Å². The van der Waals surface area contributed by atoms with Crippen LogP contribution in [-0.4, -0.2) is 49.0 Å². The molecule has 1 N–H and O–H groups in total. The average molecular weight is 328 g/mol. The molecule has 0 unspecified atom stereocenters. The molecule has 0 saturated heterocycles. The summed E-state index contributed by atoms with van der Waals surface area (Å²) in [5.74, 6) is 0.900. The van der Waals surface area contributed by atoms with Crippen molar-refractivity contribution in [2.24, 2.45) is 0 Å². The number of ether oxygens (including phenoxy) is 1. The van der Waals surface area contributed by atoms with Crippen LogP contribution in [0, 0.1) is 0 Å². The van der Waals surface area contributed by atoms with Gasteiger partial charge in [0.25, 0.3) is 0 Å². The number of benzene rings is 1. The topological polar surface area (TPSA) is 42.3 Å². The maximum Gasteiger partial charge on any atom is 0.118 e. The van der Waals surface area contributed by atoms with Gasteiger partial charge in [0, 0.05) is 43.7 Å². The molecule has 1 aromatic heterocycles. The van der Waals surface area contributed by atoms with E-state index in [4.69, 9.17) is 9.84 Å². The summed E-state index contributed by atoms with van der Waals surface area (Å²) >= 11 is 0. The lowest BCUT2D eigenvalue weighted by Crippen LogP contribution is -2.25. The highest BCUT2D eigenvalue weighted by molar-refractivity contribution is 5.35. The molecule has 1 aliphatic rings. The predicted molar refractivity (Wildman–Crippen MR) is 96.6 cm³/mol. The smallest absolute Gasteiger partial charge is 0.118 e. The van der Waals surface area contributed by atoms with E-state index in [1.54, 1.807) is 7.11 Å². The van der Waals surface area contributed by atoms with Crippen LogP contribution in [0.5, 0.6) is 5.75 Å². The number of aromatic nitrogens is 2. The number of nitrogens with one attached hydrogen (secondary N) is 1. The molecule has 24 heavy (non-hydrogen) atoms. The minimum atomic E-state index is 0.884. The Morgan fingerprint density at radius 3 is 2.75 bits per heavy atom. The van der Waals surface area contributed by atoms with Gasteiger partial charge in [0.2, 0.25) is 0 Å².